The fraction of sp³-hybridized carbons (Fsp3) is 0.700. The zero-order chi connectivity index (χ0) is 11.0. The molecule has 0 bridgehead atoms. The fourth-order valence-corrected chi connectivity index (χ4v) is 1.01. The quantitative estimate of drug-likeness (QED) is 0.477. The number of ketones is 1. The predicted octanol–water partition coefficient (Wildman–Crippen LogP) is 1.45. The molecule has 0 aromatic rings. The van der Waals surface area contributed by atoms with Crippen LogP contribution in [0.3, 0.4) is 0 Å². The molecule has 0 saturated carbocycles. The van der Waals surface area contributed by atoms with Gasteiger partial charge in [-0.15, -0.1) is 0 Å². The van der Waals surface area contributed by atoms with Crippen LogP contribution in [-0.4, -0.2) is 18.4 Å². The third kappa shape index (κ3) is 4.04. The molecular weight excluding hydrogens is 182 g/mol. The topological polar surface area (TPSA) is 67.2 Å². The average molecular weight is 197 g/mol. The van der Waals surface area contributed by atoms with Crippen LogP contribution in [0, 0.1) is 17.2 Å². The van der Waals surface area contributed by atoms with Gasteiger partial charge in [-0.25, -0.2) is 4.79 Å². The maximum Gasteiger partial charge on any atom is 0.376 e. The van der Waals surface area contributed by atoms with E-state index in [4.69, 9.17) is 5.26 Å². The Kier molecular flexibility index (Phi) is 6.38. The Morgan fingerprint density at radius 3 is 2.50 bits per heavy atom. The Labute approximate surface area is 83.9 Å². The van der Waals surface area contributed by atoms with E-state index in [1.807, 2.05) is 13.0 Å². The number of unbranched alkanes of at least 4 members (excludes halogenated alkanes) is 1. The largest absolute Gasteiger partial charge is 0.460 e. The maximum atomic E-state index is 11.3. The van der Waals surface area contributed by atoms with Crippen molar-refractivity contribution in [3.8, 4) is 6.07 Å². The molecule has 0 aliphatic heterocycles. The first-order valence-electron chi connectivity index (χ1n) is 4.77. The summed E-state index contributed by atoms with van der Waals surface area (Å²) in [5.74, 6) is -2.45. The van der Waals surface area contributed by atoms with E-state index in [1.165, 1.54) is 0 Å². The first-order valence-corrected chi connectivity index (χ1v) is 4.77. The molecule has 0 aromatic heterocycles. The number of esters is 1. The second-order valence-corrected chi connectivity index (χ2v) is 2.91. The minimum Gasteiger partial charge on any atom is -0.460 e. The average Bonchev–Trinajstić information content (AvgIpc) is 2.19. The van der Waals surface area contributed by atoms with E-state index in [0.29, 0.717) is 6.42 Å². The number of rotatable bonds is 6. The van der Waals surface area contributed by atoms with Gasteiger partial charge in [0.15, 0.2) is 0 Å². The molecule has 4 nitrogen and oxygen atoms in total. The molecule has 0 rings (SSSR count). The summed E-state index contributed by atoms with van der Waals surface area (Å²) in [5.41, 5.74) is 0. The van der Waals surface area contributed by atoms with Crippen LogP contribution in [0.4, 0.5) is 0 Å². The summed E-state index contributed by atoms with van der Waals surface area (Å²) in [6, 6.07) is 1.83. The van der Waals surface area contributed by atoms with E-state index >= 15 is 0 Å². The van der Waals surface area contributed by atoms with Crippen molar-refractivity contribution >= 4 is 11.8 Å². The van der Waals surface area contributed by atoms with Gasteiger partial charge in [-0.05, 0) is 13.3 Å². The van der Waals surface area contributed by atoms with Gasteiger partial charge in [0.2, 0.25) is 0 Å². The van der Waals surface area contributed by atoms with Crippen LogP contribution in [0.5, 0.6) is 0 Å². The zero-order valence-electron chi connectivity index (χ0n) is 8.58. The number of nitrogens with zero attached hydrogens (tertiary/aromatic N) is 1. The molecule has 0 N–H and O–H groups in total. The molecule has 1 unspecified atom stereocenters. The van der Waals surface area contributed by atoms with Gasteiger partial charge in [0, 0.05) is 0 Å². The molecule has 0 aliphatic rings. The number of hydrogen-bond donors (Lipinski definition) is 0. The molecule has 78 valence electrons. The highest BCUT2D eigenvalue weighted by Gasteiger charge is 2.25. The molecule has 0 saturated heterocycles. The van der Waals surface area contributed by atoms with Crippen molar-refractivity contribution in [2.24, 2.45) is 5.92 Å². The Morgan fingerprint density at radius 2 is 2.07 bits per heavy atom. The number of carbonyl (C=O) groups excluding carboxylic acids is 2. The zero-order valence-corrected chi connectivity index (χ0v) is 8.58. The molecule has 0 fully saturated rings. The fourth-order valence-electron chi connectivity index (χ4n) is 1.01. The maximum absolute atomic E-state index is 11.3. The molecule has 4 heteroatoms. The molecule has 14 heavy (non-hydrogen) atoms. The Bertz CT molecular complexity index is 242. The molecule has 0 aliphatic carbocycles. The lowest BCUT2D eigenvalue weighted by Gasteiger charge is -2.05. The minimum absolute atomic E-state index is 0.163. The van der Waals surface area contributed by atoms with Gasteiger partial charge in [-0.2, -0.15) is 5.26 Å². The van der Waals surface area contributed by atoms with Crippen LogP contribution in [-0.2, 0) is 14.3 Å². The minimum atomic E-state index is -0.893. The summed E-state index contributed by atoms with van der Waals surface area (Å²) < 4.78 is 4.53. The number of Topliss-reactive ketones (excluding diaryl/α,β-unsaturated/α-hetero) is 1. The van der Waals surface area contributed by atoms with Crippen molar-refractivity contribution in [3.63, 3.8) is 0 Å². The first-order chi connectivity index (χ1) is 6.67. The first kappa shape index (κ1) is 12.6. The van der Waals surface area contributed by atoms with Gasteiger partial charge in [0.25, 0.3) is 5.78 Å². The molecule has 0 radical (unpaired) electrons. The highest BCUT2D eigenvalue weighted by molar-refractivity contribution is 6.35. The Morgan fingerprint density at radius 1 is 1.43 bits per heavy atom. The summed E-state index contributed by atoms with van der Waals surface area (Å²) in [7, 11) is 0. The molecule has 0 aromatic carbocycles. The van der Waals surface area contributed by atoms with E-state index in [2.05, 4.69) is 4.74 Å². The lowest BCUT2D eigenvalue weighted by molar-refractivity contribution is -0.154. The smallest absolute Gasteiger partial charge is 0.376 e. The van der Waals surface area contributed by atoms with Crippen molar-refractivity contribution in [3.05, 3.63) is 0 Å². The summed E-state index contributed by atoms with van der Waals surface area (Å²) in [5, 5.41) is 8.66. The van der Waals surface area contributed by atoms with Crippen LogP contribution in [0.1, 0.15) is 33.1 Å². The summed E-state index contributed by atoms with van der Waals surface area (Å²) >= 11 is 0. The van der Waals surface area contributed by atoms with Crippen LogP contribution < -0.4 is 0 Å². The standard InChI is InChI=1S/C10H15NO3/c1-3-5-6-8(7-11)9(12)10(13)14-4-2/h8H,3-6H2,1-2H3. The van der Waals surface area contributed by atoms with Crippen molar-refractivity contribution in [1.29, 1.82) is 5.26 Å². The van der Waals surface area contributed by atoms with Crippen molar-refractivity contribution in [1.82, 2.24) is 0 Å². The van der Waals surface area contributed by atoms with Crippen molar-refractivity contribution < 1.29 is 14.3 Å². The van der Waals surface area contributed by atoms with Crippen LogP contribution in [0.2, 0.25) is 0 Å². The van der Waals surface area contributed by atoms with E-state index in [1.54, 1.807) is 6.92 Å². The summed E-state index contributed by atoms with van der Waals surface area (Å²) in [6.07, 6.45) is 2.10. The van der Waals surface area contributed by atoms with Gasteiger partial charge in [0.1, 0.15) is 5.92 Å². The number of hydrogen-bond acceptors (Lipinski definition) is 4. The Hall–Kier alpha value is -1.37. The monoisotopic (exact) mass is 197 g/mol. The predicted molar refractivity (Wildman–Crippen MR) is 50.3 cm³/mol. The third-order valence-electron chi connectivity index (χ3n) is 1.80. The highest BCUT2D eigenvalue weighted by atomic mass is 16.5. The lowest BCUT2D eigenvalue weighted by Crippen LogP contribution is -2.25. The molecule has 0 amide bonds. The van der Waals surface area contributed by atoms with E-state index in [0.717, 1.165) is 12.8 Å². The normalized spacial score (nSPS) is 11.5. The molecule has 0 heterocycles. The number of carbonyl (C=O) groups is 2. The van der Waals surface area contributed by atoms with Gasteiger partial charge >= 0.3 is 5.97 Å². The van der Waals surface area contributed by atoms with Gasteiger partial charge in [0.05, 0.1) is 12.7 Å². The second-order valence-electron chi connectivity index (χ2n) is 2.91. The van der Waals surface area contributed by atoms with Crippen LogP contribution >= 0.6 is 0 Å². The summed E-state index contributed by atoms with van der Waals surface area (Å²) in [6.45, 7) is 3.75. The van der Waals surface area contributed by atoms with E-state index in [-0.39, 0.29) is 6.61 Å². The molecular formula is C10H15NO3. The molecule has 1 atom stereocenters. The van der Waals surface area contributed by atoms with Gasteiger partial charge in [-0.3, -0.25) is 4.79 Å². The molecule has 0 spiro atoms. The number of ether oxygens (including phenoxy) is 1. The van der Waals surface area contributed by atoms with Gasteiger partial charge < -0.3 is 4.74 Å². The van der Waals surface area contributed by atoms with Crippen molar-refractivity contribution in [2.45, 2.75) is 33.1 Å². The summed E-state index contributed by atoms with van der Waals surface area (Å²) in [4.78, 5) is 22.3. The highest BCUT2D eigenvalue weighted by Crippen LogP contribution is 2.09. The van der Waals surface area contributed by atoms with Gasteiger partial charge in [-0.1, -0.05) is 19.8 Å². The second kappa shape index (κ2) is 7.07. The van der Waals surface area contributed by atoms with Crippen molar-refractivity contribution in [2.75, 3.05) is 6.61 Å². The number of nitriles is 1. The van der Waals surface area contributed by atoms with E-state index < -0.39 is 17.7 Å². The SMILES string of the molecule is CCCCC(C#N)C(=O)C(=O)OCC. The lowest BCUT2D eigenvalue weighted by atomic mass is 9.99. The van der Waals surface area contributed by atoms with E-state index in [9.17, 15) is 9.59 Å². The van der Waals surface area contributed by atoms with Crippen LogP contribution in [0.15, 0.2) is 0 Å². The van der Waals surface area contributed by atoms with Crippen LogP contribution in [0.25, 0.3) is 0 Å². The third-order valence-corrected chi connectivity index (χ3v) is 1.80. The Balaban J connectivity index is 4.18.